The molecule has 1 saturated heterocycles. The van der Waals surface area contributed by atoms with E-state index in [1.807, 2.05) is 35.1 Å². The quantitative estimate of drug-likeness (QED) is 0.196. The van der Waals surface area contributed by atoms with Gasteiger partial charge in [0.25, 0.3) is 0 Å². The average molecular weight is 737 g/mol. The first kappa shape index (κ1) is 33.1. The molecule has 0 unspecified atom stereocenters. The minimum Gasteiger partial charge on any atom is -0.493 e. The van der Waals surface area contributed by atoms with E-state index < -0.39 is 0 Å². The Bertz CT molecular complexity index is 1770. The van der Waals surface area contributed by atoms with Gasteiger partial charge in [-0.2, -0.15) is 5.10 Å². The van der Waals surface area contributed by atoms with Crippen LogP contribution in [0.25, 0.3) is 11.0 Å². The van der Waals surface area contributed by atoms with Gasteiger partial charge in [-0.05, 0) is 80.0 Å². The summed E-state index contributed by atoms with van der Waals surface area (Å²) in [5.41, 5.74) is 4.38. The number of rotatable bonds is 9. The summed E-state index contributed by atoms with van der Waals surface area (Å²) in [6, 6.07) is 12.2. The maximum Gasteiger partial charge on any atom is 0.225 e. The molecule has 4 aromatic rings. The number of benzene rings is 2. The van der Waals surface area contributed by atoms with Crippen LogP contribution in [-0.2, 0) is 23.3 Å². The van der Waals surface area contributed by atoms with Gasteiger partial charge in [0.1, 0.15) is 12.1 Å². The van der Waals surface area contributed by atoms with E-state index in [9.17, 15) is 4.79 Å². The van der Waals surface area contributed by atoms with Crippen molar-refractivity contribution < 1.29 is 14.3 Å². The fraction of sp³-hybridized carbons (Fsp3) is 0.500. The lowest BCUT2D eigenvalue weighted by Gasteiger charge is -2.52. The molecular weight excluding hydrogens is 694 g/mol. The molecule has 48 heavy (non-hydrogen) atoms. The standard InChI is InChI=1S/C36H43BrClN7O3/c1-47-31-20-26-10-15-44(14-5-13-37)36(29(26)21-32(31)48-2)11-8-25(9-12-36)35(46)43-18-16-42(17-19-43)33-28-22-41-45(34(28)40-24-39-33)23-27-6-3-4-7-30(27)38/h3-4,6-7,20-22,24-25H,5,8-19,23H2,1-2H3/t25-,36-. The van der Waals surface area contributed by atoms with Crippen LogP contribution >= 0.6 is 27.5 Å². The van der Waals surface area contributed by atoms with E-state index in [1.54, 1.807) is 20.5 Å². The lowest BCUT2D eigenvalue weighted by atomic mass is 9.68. The molecule has 1 aliphatic carbocycles. The number of methoxy groups -OCH3 is 2. The molecule has 2 aliphatic heterocycles. The zero-order chi connectivity index (χ0) is 33.3. The van der Waals surface area contributed by atoms with Crippen molar-refractivity contribution in [1.29, 1.82) is 0 Å². The van der Waals surface area contributed by atoms with E-state index >= 15 is 0 Å². The molecule has 4 heterocycles. The van der Waals surface area contributed by atoms with Crippen molar-refractivity contribution in [2.24, 2.45) is 5.92 Å². The summed E-state index contributed by atoms with van der Waals surface area (Å²) in [5.74, 6) is 2.77. The molecular formula is C36H43BrClN7O3. The molecule has 254 valence electrons. The van der Waals surface area contributed by atoms with Crippen molar-refractivity contribution in [3.63, 3.8) is 0 Å². The number of ether oxygens (including phenoxy) is 2. The Hall–Kier alpha value is -3.41. The third-order valence-corrected chi connectivity index (χ3v) is 11.6. The van der Waals surface area contributed by atoms with E-state index in [2.05, 4.69) is 57.8 Å². The number of hydrogen-bond donors (Lipinski definition) is 0. The molecule has 1 amide bonds. The van der Waals surface area contributed by atoms with E-state index in [4.69, 9.17) is 21.1 Å². The van der Waals surface area contributed by atoms with E-state index in [0.717, 1.165) is 104 Å². The second-order valence-electron chi connectivity index (χ2n) is 13.1. The number of piperazine rings is 1. The highest BCUT2D eigenvalue weighted by Gasteiger charge is 2.47. The fourth-order valence-corrected chi connectivity index (χ4v) is 8.58. The number of aromatic nitrogens is 4. The zero-order valence-electron chi connectivity index (χ0n) is 27.7. The number of halogens is 2. The lowest BCUT2D eigenvalue weighted by molar-refractivity contribution is -0.138. The molecule has 0 atom stereocenters. The number of anilines is 1. The van der Waals surface area contributed by atoms with Crippen LogP contribution in [0.5, 0.6) is 11.5 Å². The first-order valence-electron chi connectivity index (χ1n) is 17.0. The van der Waals surface area contributed by atoms with E-state index in [-0.39, 0.29) is 11.5 Å². The smallest absolute Gasteiger partial charge is 0.225 e. The van der Waals surface area contributed by atoms with Gasteiger partial charge in [0.15, 0.2) is 17.1 Å². The van der Waals surface area contributed by atoms with Crippen LogP contribution in [0.4, 0.5) is 5.82 Å². The summed E-state index contributed by atoms with van der Waals surface area (Å²) in [6.45, 7) is 5.39. The summed E-state index contributed by atoms with van der Waals surface area (Å²) in [7, 11) is 3.41. The summed E-state index contributed by atoms with van der Waals surface area (Å²) in [4.78, 5) is 30.2. The predicted octanol–water partition coefficient (Wildman–Crippen LogP) is 5.92. The third-order valence-electron chi connectivity index (χ3n) is 10.7. The van der Waals surface area contributed by atoms with Crippen molar-refractivity contribution in [3.05, 3.63) is 70.6 Å². The number of nitrogens with zero attached hydrogens (tertiary/aromatic N) is 7. The molecule has 0 bridgehead atoms. The largest absolute Gasteiger partial charge is 0.493 e. The van der Waals surface area contributed by atoms with Crippen LogP contribution < -0.4 is 14.4 Å². The molecule has 0 N–H and O–H groups in total. The topological polar surface area (TPSA) is 88.9 Å². The number of amides is 1. The minimum absolute atomic E-state index is 0.0412. The molecule has 10 nitrogen and oxygen atoms in total. The Labute approximate surface area is 295 Å². The van der Waals surface area contributed by atoms with Crippen LogP contribution in [0.3, 0.4) is 0 Å². The lowest BCUT2D eigenvalue weighted by Crippen LogP contribution is -2.55. The van der Waals surface area contributed by atoms with Crippen LogP contribution in [0.2, 0.25) is 5.02 Å². The monoisotopic (exact) mass is 735 g/mol. The van der Waals surface area contributed by atoms with Crippen LogP contribution in [0, 0.1) is 5.92 Å². The zero-order valence-corrected chi connectivity index (χ0v) is 30.0. The second-order valence-corrected chi connectivity index (χ2v) is 14.3. The van der Waals surface area contributed by atoms with Gasteiger partial charge in [0, 0.05) is 54.5 Å². The van der Waals surface area contributed by atoms with Crippen LogP contribution in [-0.4, -0.2) is 94.3 Å². The molecule has 2 fully saturated rings. The maximum atomic E-state index is 14.0. The number of carbonyl (C=O) groups excluding carboxylic acids is 1. The van der Waals surface area contributed by atoms with E-state index in [0.29, 0.717) is 30.6 Å². The van der Waals surface area contributed by atoms with Gasteiger partial charge >= 0.3 is 0 Å². The Balaban J connectivity index is 1.02. The van der Waals surface area contributed by atoms with E-state index in [1.165, 1.54) is 11.1 Å². The number of carbonyl (C=O) groups is 1. The van der Waals surface area contributed by atoms with Crippen LogP contribution in [0.1, 0.15) is 48.8 Å². The van der Waals surface area contributed by atoms with Gasteiger partial charge in [-0.3, -0.25) is 9.69 Å². The van der Waals surface area contributed by atoms with Gasteiger partial charge in [-0.25, -0.2) is 14.6 Å². The minimum atomic E-state index is -0.0839. The normalized spacial score (nSPS) is 21.5. The summed E-state index contributed by atoms with van der Waals surface area (Å²) >= 11 is 10.1. The molecule has 1 saturated carbocycles. The SMILES string of the molecule is COc1cc2c(cc1OC)[C@]1(CC[C@@H](C(=O)N3CCN(c4ncnc5c4cnn5Cc4ccccc4Cl)CC3)CC1)N(CCCBr)CC2. The highest BCUT2D eigenvalue weighted by Crippen LogP contribution is 2.50. The first-order chi connectivity index (χ1) is 23.5. The molecule has 0 radical (unpaired) electrons. The van der Waals surface area contributed by atoms with Crippen molar-refractivity contribution in [2.45, 2.75) is 50.6 Å². The highest BCUT2D eigenvalue weighted by atomic mass is 79.9. The molecule has 2 aromatic heterocycles. The van der Waals surface area contributed by atoms with Gasteiger partial charge in [-0.1, -0.05) is 45.7 Å². The summed E-state index contributed by atoms with van der Waals surface area (Å²) < 4.78 is 13.3. The van der Waals surface area contributed by atoms with Crippen molar-refractivity contribution in [3.8, 4) is 11.5 Å². The van der Waals surface area contributed by atoms with Crippen molar-refractivity contribution in [2.75, 3.05) is 63.7 Å². The fourth-order valence-electron chi connectivity index (χ4n) is 8.14. The van der Waals surface area contributed by atoms with Crippen LogP contribution in [0.15, 0.2) is 48.9 Å². The van der Waals surface area contributed by atoms with Gasteiger partial charge in [0.05, 0.1) is 32.3 Å². The predicted molar refractivity (Wildman–Crippen MR) is 192 cm³/mol. The Morgan fingerprint density at radius 2 is 1.77 bits per heavy atom. The summed E-state index contributed by atoms with van der Waals surface area (Å²) in [6.07, 6.45) is 9.23. The number of alkyl halides is 1. The maximum absolute atomic E-state index is 14.0. The molecule has 3 aliphatic rings. The van der Waals surface area contributed by atoms with Gasteiger partial charge in [0.2, 0.25) is 5.91 Å². The van der Waals surface area contributed by atoms with Gasteiger partial charge < -0.3 is 19.3 Å². The Morgan fingerprint density at radius 1 is 1.02 bits per heavy atom. The molecule has 12 heteroatoms. The van der Waals surface area contributed by atoms with Crippen molar-refractivity contribution >= 4 is 50.3 Å². The summed E-state index contributed by atoms with van der Waals surface area (Å²) in [5, 5.41) is 7.23. The van der Waals surface area contributed by atoms with Gasteiger partial charge in [-0.15, -0.1) is 0 Å². The second kappa shape index (κ2) is 14.2. The highest BCUT2D eigenvalue weighted by molar-refractivity contribution is 9.09. The molecule has 7 rings (SSSR count). The third kappa shape index (κ3) is 6.13. The average Bonchev–Trinajstić information content (AvgIpc) is 3.54. The number of hydrogen-bond acceptors (Lipinski definition) is 8. The number of fused-ring (bicyclic) bond motifs is 3. The first-order valence-corrected chi connectivity index (χ1v) is 18.5. The van der Waals surface area contributed by atoms with Crippen molar-refractivity contribution in [1.82, 2.24) is 29.5 Å². The Kier molecular flexibility index (Phi) is 9.80. The molecule has 2 aromatic carbocycles. The Morgan fingerprint density at radius 3 is 2.50 bits per heavy atom. The molecule has 1 spiro atoms.